The number of carbonyl (C=O) groups excluding carboxylic acids is 1. The Kier molecular flexibility index (Phi) is 3.85. The van der Waals surface area contributed by atoms with Crippen molar-refractivity contribution in [1.82, 2.24) is 19.0 Å². The lowest BCUT2D eigenvalue weighted by molar-refractivity contribution is -0.134. The minimum absolute atomic E-state index is 0.0777. The first-order valence-electron chi connectivity index (χ1n) is 9.56. The number of likely N-dealkylation sites (tertiary alicyclic amines) is 1. The van der Waals surface area contributed by atoms with Crippen molar-refractivity contribution in [3.05, 3.63) is 64.8 Å². The smallest absolute Gasteiger partial charge is 0.250 e. The van der Waals surface area contributed by atoms with Crippen molar-refractivity contribution in [3.8, 4) is 0 Å². The molecule has 2 aromatic heterocycles. The minimum atomic E-state index is 0.0777. The summed E-state index contributed by atoms with van der Waals surface area (Å²) in [5.41, 5.74) is 3.18. The van der Waals surface area contributed by atoms with Crippen LogP contribution in [0.4, 0.5) is 0 Å². The fraction of sp³-hybridized carbons (Fsp3) is 0.381. The molecule has 0 saturated carbocycles. The topological polar surface area (TPSA) is 60.1 Å². The Morgan fingerprint density at radius 2 is 1.96 bits per heavy atom. The maximum Gasteiger partial charge on any atom is 0.250 e. The predicted octanol–water partition coefficient (Wildman–Crippen LogP) is 2.23. The van der Waals surface area contributed by atoms with E-state index >= 15 is 0 Å². The van der Waals surface area contributed by atoms with Gasteiger partial charge in [-0.1, -0.05) is 18.2 Å². The Morgan fingerprint density at radius 1 is 1.07 bits per heavy atom. The number of imidazole rings is 1. The molecule has 1 fully saturated rings. The summed E-state index contributed by atoms with van der Waals surface area (Å²) in [6.45, 7) is 2.83. The molecule has 2 atom stereocenters. The van der Waals surface area contributed by atoms with E-state index in [1.165, 1.54) is 0 Å². The van der Waals surface area contributed by atoms with Crippen LogP contribution >= 0.6 is 0 Å². The molecule has 27 heavy (non-hydrogen) atoms. The maximum absolute atomic E-state index is 12.9. The summed E-state index contributed by atoms with van der Waals surface area (Å²) < 4.78 is 3.95. The summed E-state index contributed by atoms with van der Waals surface area (Å²) in [6, 6.07) is 13.5. The molecule has 2 bridgehead atoms. The van der Waals surface area contributed by atoms with Crippen molar-refractivity contribution in [1.29, 1.82) is 0 Å². The first-order chi connectivity index (χ1) is 13.2. The molecule has 0 aliphatic carbocycles. The quantitative estimate of drug-likeness (QED) is 0.718. The lowest BCUT2D eigenvalue weighted by Crippen LogP contribution is -2.49. The molecule has 6 nitrogen and oxygen atoms in total. The molecule has 1 aromatic carbocycles. The Morgan fingerprint density at radius 3 is 2.89 bits per heavy atom. The van der Waals surface area contributed by atoms with E-state index in [9.17, 15) is 9.59 Å². The van der Waals surface area contributed by atoms with E-state index in [1.54, 1.807) is 6.07 Å². The fourth-order valence-electron chi connectivity index (χ4n) is 4.66. The van der Waals surface area contributed by atoms with Gasteiger partial charge < -0.3 is 14.0 Å². The first kappa shape index (κ1) is 16.3. The van der Waals surface area contributed by atoms with Crippen LogP contribution in [0.15, 0.2) is 53.6 Å². The van der Waals surface area contributed by atoms with E-state index in [-0.39, 0.29) is 17.4 Å². The van der Waals surface area contributed by atoms with Gasteiger partial charge in [0, 0.05) is 50.3 Å². The van der Waals surface area contributed by atoms with Crippen LogP contribution in [-0.4, -0.2) is 38.0 Å². The van der Waals surface area contributed by atoms with Crippen LogP contribution in [0, 0.1) is 5.92 Å². The third-order valence-corrected chi connectivity index (χ3v) is 5.93. The second-order valence-corrected chi connectivity index (χ2v) is 7.67. The van der Waals surface area contributed by atoms with E-state index in [2.05, 4.69) is 4.98 Å². The van der Waals surface area contributed by atoms with Crippen molar-refractivity contribution in [3.63, 3.8) is 0 Å². The van der Waals surface area contributed by atoms with Crippen LogP contribution < -0.4 is 5.56 Å². The third kappa shape index (κ3) is 2.85. The maximum atomic E-state index is 12.9. The number of amides is 1. The van der Waals surface area contributed by atoms with Crippen molar-refractivity contribution < 1.29 is 4.79 Å². The van der Waals surface area contributed by atoms with Gasteiger partial charge in [0.05, 0.1) is 17.4 Å². The van der Waals surface area contributed by atoms with Gasteiger partial charge in [0.1, 0.15) is 0 Å². The SMILES string of the molecule is O=C(CCn1cnc2ccccc21)N1C[C@@H]2C[C@H](C1)c1cccc(=O)n1C2. The molecule has 1 saturated heterocycles. The van der Waals surface area contributed by atoms with E-state index in [4.69, 9.17) is 0 Å². The lowest BCUT2D eigenvalue weighted by Gasteiger charge is -2.42. The number of fused-ring (bicyclic) bond motifs is 5. The van der Waals surface area contributed by atoms with Crippen LogP contribution in [0.2, 0.25) is 0 Å². The molecule has 1 amide bonds. The number of aromatic nitrogens is 3. The number of piperidine rings is 1. The van der Waals surface area contributed by atoms with Crippen molar-refractivity contribution in [2.45, 2.75) is 31.8 Å². The van der Waals surface area contributed by atoms with Gasteiger partial charge in [0.15, 0.2) is 0 Å². The molecular formula is C21H22N4O2. The zero-order valence-corrected chi connectivity index (χ0v) is 15.1. The van der Waals surface area contributed by atoms with Gasteiger partial charge in [-0.15, -0.1) is 0 Å². The van der Waals surface area contributed by atoms with Crippen LogP contribution in [0.5, 0.6) is 0 Å². The second kappa shape index (κ2) is 6.37. The number of rotatable bonds is 3. The first-order valence-corrected chi connectivity index (χ1v) is 9.56. The predicted molar refractivity (Wildman–Crippen MR) is 102 cm³/mol. The van der Waals surface area contributed by atoms with Crippen LogP contribution in [0.25, 0.3) is 11.0 Å². The number of benzene rings is 1. The Labute approximate surface area is 157 Å². The van der Waals surface area contributed by atoms with Gasteiger partial charge in [-0.2, -0.15) is 0 Å². The summed E-state index contributed by atoms with van der Waals surface area (Å²) in [7, 11) is 0. The molecule has 138 valence electrons. The Bertz CT molecular complexity index is 1070. The molecule has 2 aliphatic heterocycles. The summed E-state index contributed by atoms with van der Waals surface area (Å²) in [4.78, 5) is 31.4. The number of hydrogen-bond donors (Lipinski definition) is 0. The molecular weight excluding hydrogens is 340 g/mol. The number of aryl methyl sites for hydroxylation is 1. The zero-order valence-electron chi connectivity index (χ0n) is 15.1. The summed E-state index contributed by atoms with van der Waals surface area (Å²) in [5, 5.41) is 0. The highest BCUT2D eigenvalue weighted by Gasteiger charge is 2.35. The van der Waals surface area contributed by atoms with Gasteiger partial charge in [0.25, 0.3) is 5.56 Å². The average Bonchev–Trinajstić information content (AvgIpc) is 3.10. The lowest BCUT2D eigenvalue weighted by atomic mass is 9.83. The highest BCUT2D eigenvalue weighted by atomic mass is 16.2. The number of carbonyl (C=O) groups is 1. The Hall–Kier alpha value is -2.89. The molecule has 5 rings (SSSR count). The summed E-state index contributed by atoms with van der Waals surface area (Å²) in [6.07, 6.45) is 3.35. The average molecular weight is 362 g/mol. The molecule has 0 unspecified atom stereocenters. The summed E-state index contributed by atoms with van der Waals surface area (Å²) in [5.74, 6) is 0.827. The number of pyridine rings is 1. The van der Waals surface area contributed by atoms with Gasteiger partial charge in [-0.25, -0.2) is 4.98 Å². The normalized spacial score (nSPS) is 21.3. The van der Waals surface area contributed by atoms with Gasteiger partial charge in [-0.3, -0.25) is 9.59 Å². The molecule has 6 heteroatoms. The van der Waals surface area contributed by atoms with E-state index in [1.807, 2.05) is 56.8 Å². The molecule has 0 N–H and O–H groups in total. The highest BCUT2D eigenvalue weighted by molar-refractivity contribution is 5.77. The van der Waals surface area contributed by atoms with E-state index in [0.717, 1.165) is 36.2 Å². The van der Waals surface area contributed by atoms with Gasteiger partial charge in [0.2, 0.25) is 5.91 Å². The van der Waals surface area contributed by atoms with Crippen molar-refractivity contribution in [2.75, 3.05) is 13.1 Å². The van der Waals surface area contributed by atoms with Gasteiger partial charge in [-0.05, 0) is 30.5 Å². The van der Waals surface area contributed by atoms with Crippen LogP contribution in [0.1, 0.15) is 24.5 Å². The molecule has 0 spiro atoms. The van der Waals surface area contributed by atoms with Gasteiger partial charge >= 0.3 is 0 Å². The van der Waals surface area contributed by atoms with Crippen LogP contribution in [0.3, 0.4) is 0 Å². The van der Waals surface area contributed by atoms with Crippen molar-refractivity contribution >= 4 is 16.9 Å². The monoisotopic (exact) mass is 362 g/mol. The molecule has 4 heterocycles. The highest BCUT2D eigenvalue weighted by Crippen LogP contribution is 2.35. The third-order valence-electron chi connectivity index (χ3n) is 5.93. The fourth-order valence-corrected chi connectivity index (χ4v) is 4.66. The van der Waals surface area contributed by atoms with Crippen LogP contribution in [-0.2, 0) is 17.9 Å². The van der Waals surface area contributed by atoms with E-state index < -0.39 is 0 Å². The van der Waals surface area contributed by atoms with Crippen molar-refractivity contribution in [2.24, 2.45) is 5.92 Å². The minimum Gasteiger partial charge on any atom is -0.342 e. The summed E-state index contributed by atoms with van der Waals surface area (Å²) >= 11 is 0. The second-order valence-electron chi connectivity index (χ2n) is 7.67. The number of para-hydroxylation sites is 2. The molecule has 0 radical (unpaired) electrons. The molecule has 2 aliphatic rings. The largest absolute Gasteiger partial charge is 0.342 e. The number of nitrogens with zero attached hydrogens (tertiary/aromatic N) is 4. The Balaban J connectivity index is 1.30. The molecule has 3 aromatic rings. The zero-order chi connectivity index (χ0) is 18.4. The number of hydrogen-bond acceptors (Lipinski definition) is 3. The van der Waals surface area contributed by atoms with E-state index in [0.29, 0.717) is 25.4 Å². The standard InChI is InChI=1S/C21H22N4O2/c26-20(8-9-23-14-22-17-4-1-2-5-19(17)23)24-11-15-10-16(13-24)18-6-3-7-21(27)25(18)12-15/h1-7,14-16H,8-13H2/t15-,16+/m0/s1.